The highest BCUT2D eigenvalue weighted by molar-refractivity contribution is 8.13. The Bertz CT molecular complexity index is 329. The zero-order chi connectivity index (χ0) is 7.78. The molecule has 0 saturated carbocycles. The molecule has 2 N–H and O–H groups in total. The fourth-order valence-electron chi connectivity index (χ4n) is 0.371. The number of nitrogens with zero attached hydrogens (tertiary/aromatic N) is 3. The van der Waals surface area contributed by atoms with Crippen LogP contribution in [0.5, 0.6) is 0 Å². The standard InChI is InChI=1S/C2H3ClN4O2S/c3-10(8,9)2-5-1-7(4)6-2/h1H,4H2. The molecular weight excluding hydrogens is 180 g/mol. The lowest BCUT2D eigenvalue weighted by Crippen LogP contribution is -2.08. The van der Waals surface area contributed by atoms with Crippen molar-refractivity contribution >= 4 is 19.7 Å². The molecule has 1 rings (SSSR count). The number of hydrogen-bond donors (Lipinski definition) is 1. The molecule has 0 spiro atoms. The first-order valence-electron chi connectivity index (χ1n) is 2.11. The first kappa shape index (κ1) is 7.29. The number of nitrogen functional groups attached to an aromatic ring is 1. The number of rotatable bonds is 1. The lowest BCUT2D eigenvalue weighted by molar-refractivity contribution is 0.599. The molecule has 0 saturated heterocycles. The van der Waals surface area contributed by atoms with E-state index in [1.165, 1.54) is 0 Å². The monoisotopic (exact) mass is 182 g/mol. The molecule has 0 aliphatic carbocycles. The molecule has 1 heterocycles. The van der Waals surface area contributed by atoms with Gasteiger partial charge in [0.2, 0.25) is 0 Å². The van der Waals surface area contributed by atoms with Gasteiger partial charge in [-0.05, 0) is 0 Å². The molecule has 8 heteroatoms. The van der Waals surface area contributed by atoms with Gasteiger partial charge in [-0.1, -0.05) is 0 Å². The number of hydrogen-bond acceptors (Lipinski definition) is 5. The molecule has 0 bridgehead atoms. The van der Waals surface area contributed by atoms with Crippen LogP contribution in [-0.2, 0) is 9.05 Å². The maximum absolute atomic E-state index is 10.4. The second kappa shape index (κ2) is 2.10. The van der Waals surface area contributed by atoms with Crippen molar-refractivity contribution in [3.63, 3.8) is 0 Å². The van der Waals surface area contributed by atoms with Gasteiger partial charge in [0.05, 0.1) is 0 Å². The summed E-state index contributed by atoms with van der Waals surface area (Å²) in [5.41, 5.74) is 0. The summed E-state index contributed by atoms with van der Waals surface area (Å²) >= 11 is 0. The zero-order valence-corrected chi connectivity index (χ0v) is 6.17. The molecule has 0 aliphatic rings. The Morgan fingerprint density at radius 3 is 2.50 bits per heavy atom. The third-order valence-corrected chi connectivity index (χ3v) is 1.74. The largest absolute Gasteiger partial charge is 0.322 e. The predicted molar refractivity (Wildman–Crippen MR) is 33.2 cm³/mol. The van der Waals surface area contributed by atoms with E-state index in [0.717, 1.165) is 11.1 Å². The van der Waals surface area contributed by atoms with Gasteiger partial charge in [0.1, 0.15) is 6.33 Å². The molecule has 0 aromatic carbocycles. The highest BCUT2D eigenvalue weighted by Crippen LogP contribution is 2.05. The molecular formula is C2H3ClN4O2S. The van der Waals surface area contributed by atoms with Gasteiger partial charge in [-0.15, -0.1) is 5.10 Å². The lowest BCUT2D eigenvalue weighted by Gasteiger charge is -1.83. The van der Waals surface area contributed by atoms with Crippen molar-refractivity contribution in [1.29, 1.82) is 0 Å². The third kappa shape index (κ3) is 1.36. The van der Waals surface area contributed by atoms with Crippen molar-refractivity contribution in [2.45, 2.75) is 5.16 Å². The second-order valence-corrected chi connectivity index (χ2v) is 3.90. The topological polar surface area (TPSA) is 90.9 Å². The molecule has 0 aliphatic heterocycles. The van der Waals surface area contributed by atoms with Crippen LogP contribution in [0.25, 0.3) is 0 Å². The summed E-state index contributed by atoms with van der Waals surface area (Å²) in [5.74, 6) is 5.00. The van der Waals surface area contributed by atoms with Crippen LogP contribution in [0, 0.1) is 0 Å². The molecule has 0 fully saturated rings. The molecule has 0 amide bonds. The van der Waals surface area contributed by atoms with E-state index < -0.39 is 14.2 Å². The first-order chi connectivity index (χ1) is 4.50. The van der Waals surface area contributed by atoms with Crippen LogP contribution < -0.4 is 5.84 Å². The van der Waals surface area contributed by atoms with Crippen LogP contribution in [-0.4, -0.2) is 23.3 Å². The molecule has 10 heavy (non-hydrogen) atoms. The summed E-state index contributed by atoms with van der Waals surface area (Å²) in [6.07, 6.45) is 1.04. The molecule has 0 radical (unpaired) electrons. The minimum Gasteiger partial charge on any atom is -0.322 e. The maximum atomic E-state index is 10.4. The Kier molecular flexibility index (Phi) is 1.53. The quantitative estimate of drug-likeness (QED) is 0.441. The summed E-state index contributed by atoms with van der Waals surface area (Å²) in [6, 6.07) is 0. The fraction of sp³-hybridized carbons (Fsp3) is 0. The summed E-state index contributed by atoms with van der Waals surface area (Å²) in [4.78, 5) is 4.05. The van der Waals surface area contributed by atoms with Crippen LogP contribution in [0.2, 0.25) is 0 Å². The van der Waals surface area contributed by atoms with E-state index in [-0.39, 0.29) is 0 Å². The lowest BCUT2D eigenvalue weighted by atomic mass is 11.3. The van der Waals surface area contributed by atoms with E-state index >= 15 is 0 Å². The number of aromatic nitrogens is 3. The van der Waals surface area contributed by atoms with Gasteiger partial charge in [-0.3, -0.25) is 0 Å². The molecule has 6 nitrogen and oxygen atoms in total. The Hall–Kier alpha value is -0.820. The Balaban J connectivity index is 3.21. The molecule has 0 atom stereocenters. The van der Waals surface area contributed by atoms with E-state index in [0.29, 0.717) is 0 Å². The molecule has 56 valence electrons. The normalized spacial score (nSPS) is 11.7. The average molecular weight is 183 g/mol. The van der Waals surface area contributed by atoms with Crippen molar-refractivity contribution in [1.82, 2.24) is 14.9 Å². The Labute approximate surface area is 61.0 Å². The minimum absolute atomic E-state index is 0.489. The van der Waals surface area contributed by atoms with Crippen molar-refractivity contribution in [3.8, 4) is 0 Å². The van der Waals surface area contributed by atoms with Gasteiger partial charge in [0.15, 0.2) is 0 Å². The van der Waals surface area contributed by atoms with Crippen LogP contribution in [0.15, 0.2) is 11.5 Å². The highest BCUT2D eigenvalue weighted by atomic mass is 35.7. The summed E-state index contributed by atoms with van der Waals surface area (Å²) < 4.78 is 20.8. The summed E-state index contributed by atoms with van der Waals surface area (Å²) in [6.45, 7) is 0. The van der Waals surface area contributed by atoms with E-state index in [1.807, 2.05) is 0 Å². The zero-order valence-electron chi connectivity index (χ0n) is 4.60. The van der Waals surface area contributed by atoms with Gasteiger partial charge in [-0.25, -0.2) is 13.4 Å². The van der Waals surface area contributed by atoms with Crippen LogP contribution in [0.3, 0.4) is 0 Å². The minimum atomic E-state index is -3.83. The molecule has 1 aromatic rings. The smallest absolute Gasteiger partial charge is 0.298 e. The van der Waals surface area contributed by atoms with Gasteiger partial charge >= 0.3 is 0 Å². The predicted octanol–water partition coefficient (Wildman–Crippen LogP) is -1.08. The SMILES string of the molecule is Nn1cnc(S(=O)(=O)Cl)n1. The second-order valence-electron chi connectivity index (χ2n) is 1.45. The van der Waals surface area contributed by atoms with E-state index in [1.54, 1.807) is 0 Å². The van der Waals surface area contributed by atoms with Gasteiger partial charge in [0, 0.05) is 10.7 Å². The van der Waals surface area contributed by atoms with E-state index in [9.17, 15) is 8.42 Å². The van der Waals surface area contributed by atoms with Crippen LogP contribution in [0.1, 0.15) is 0 Å². The van der Waals surface area contributed by atoms with Gasteiger partial charge in [-0.2, -0.15) is 4.79 Å². The Morgan fingerprint density at radius 2 is 2.30 bits per heavy atom. The highest BCUT2D eigenvalue weighted by Gasteiger charge is 2.14. The van der Waals surface area contributed by atoms with Crippen molar-refractivity contribution in [2.24, 2.45) is 0 Å². The maximum Gasteiger partial charge on any atom is 0.298 e. The van der Waals surface area contributed by atoms with Gasteiger partial charge < -0.3 is 5.84 Å². The molecule has 0 unspecified atom stereocenters. The average Bonchev–Trinajstić information content (AvgIpc) is 2.11. The summed E-state index contributed by atoms with van der Waals surface area (Å²) in [5, 5.41) is 2.76. The number of halogens is 1. The van der Waals surface area contributed by atoms with Crippen molar-refractivity contribution < 1.29 is 8.42 Å². The fourth-order valence-corrected chi connectivity index (χ4v) is 0.948. The first-order valence-corrected chi connectivity index (χ1v) is 4.42. The van der Waals surface area contributed by atoms with Crippen LogP contribution in [0.4, 0.5) is 0 Å². The van der Waals surface area contributed by atoms with Gasteiger partial charge in [0.25, 0.3) is 14.2 Å². The summed E-state index contributed by atoms with van der Waals surface area (Å²) in [7, 11) is 1.02. The third-order valence-electron chi connectivity index (χ3n) is 0.706. The van der Waals surface area contributed by atoms with Crippen molar-refractivity contribution in [3.05, 3.63) is 6.33 Å². The van der Waals surface area contributed by atoms with Crippen molar-refractivity contribution in [2.75, 3.05) is 5.84 Å². The van der Waals surface area contributed by atoms with E-state index in [4.69, 9.17) is 16.5 Å². The molecule has 1 aromatic heterocycles. The van der Waals surface area contributed by atoms with E-state index in [2.05, 4.69) is 10.1 Å². The number of nitrogens with two attached hydrogens (primary N) is 1. The van der Waals surface area contributed by atoms with Crippen LogP contribution >= 0.6 is 10.7 Å². The Morgan fingerprint density at radius 1 is 1.70 bits per heavy atom.